The monoisotopic (exact) mass is 451 g/mol. The Hall–Kier alpha value is -3.25. The zero-order chi connectivity index (χ0) is 23.2. The average Bonchev–Trinajstić information content (AvgIpc) is 2.84. The van der Waals surface area contributed by atoms with Crippen LogP contribution >= 0.6 is 0 Å². The molecule has 1 aliphatic heterocycles. The number of carbonyl (C=O) groups excluding carboxylic acids is 1. The van der Waals surface area contributed by atoms with E-state index in [0.29, 0.717) is 31.2 Å². The van der Waals surface area contributed by atoms with Crippen LogP contribution in [-0.2, 0) is 4.74 Å². The minimum absolute atomic E-state index is 0.0163. The van der Waals surface area contributed by atoms with Gasteiger partial charge in [0.1, 0.15) is 23.5 Å². The van der Waals surface area contributed by atoms with Crippen LogP contribution in [0.15, 0.2) is 72.8 Å². The first-order chi connectivity index (χ1) is 16.0. The maximum atomic E-state index is 13.4. The number of carbonyl (C=O) groups is 1. The van der Waals surface area contributed by atoms with Crippen LogP contribution in [0.25, 0.3) is 0 Å². The van der Waals surface area contributed by atoms with Crippen molar-refractivity contribution in [1.29, 1.82) is 0 Å². The summed E-state index contributed by atoms with van der Waals surface area (Å²) >= 11 is 0. The number of likely N-dealkylation sites (tertiary alicyclic amines) is 1. The smallest absolute Gasteiger partial charge is 0.253 e. The average molecular weight is 452 g/mol. The van der Waals surface area contributed by atoms with Gasteiger partial charge in [0.2, 0.25) is 0 Å². The highest BCUT2D eigenvalue weighted by molar-refractivity contribution is 5.94. The second kappa shape index (κ2) is 10.6. The fourth-order valence-corrected chi connectivity index (χ4v) is 4.22. The largest absolute Gasteiger partial charge is 0.508 e. The SMILES string of the molecule is O=C(c1ccc(O)cc1)N1CCC(CCOC(c2ccc(F)cc2)c2ccc(F)cc2)CC1. The third-order valence-electron chi connectivity index (χ3n) is 6.17. The van der Waals surface area contributed by atoms with Gasteiger partial charge in [-0.3, -0.25) is 4.79 Å². The number of aromatic hydroxyl groups is 1. The van der Waals surface area contributed by atoms with Gasteiger partial charge in [0, 0.05) is 25.3 Å². The number of benzene rings is 3. The van der Waals surface area contributed by atoms with E-state index in [1.165, 1.54) is 36.4 Å². The number of hydrogen-bond acceptors (Lipinski definition) is 3. The Labute approximate surface area is 192 Å². The number of hydrogen-bond donors (Lipinski definition) is 1. The second-order valence-electron chi connectivity index (χ2n) is 8.43. The molecule has 33 heavy (non-hydrogen) atoms. The molecule has 4 nitrogen and oxygen atoms in total. The summed E-state index contributed by atoms with van der Waals surface area (Å²) in [5, 5.41) is 9.40. The van der Waals surface area contributed by atoms with E-state index in [1.807, 2.05) is 4.90 Å². The van der Waals surface area contributed by atoms with Crippen LogP contribution in [0.3, 0.4) is 0 Å². The number of phenols is 1. The fraction of sp³-hybridized carbons (Fsp3) is 0.296. The maximum Gasteiger partial charge on any atom is 0.253 e. The molecule has 1 fully saturated rings. The third kappa shape index (κ3) is 5.96. The Morgan fingerprint density at radius 3 is 1.91 bits per heavy atom. The summed E-state index contributed by atoms with van der Waals surface area (Å²) in [4.78, 5) is 14.5. The first kappa shape index (κ1) is 22.9. The second-order valence-corrected chi connectivity index (χ2v) is 8.43. The zero-order valence-electron chi connectivity index (χ0n) is 18.3. The fourth-order valence-electron chi connectivity index (χ4n) is 4.22. The lowest BCUT2D eigenvalue weighted by atomic mass is 9.93. The zero-order valence-corrected chi connectivity index (χ0v) is 18.3. The van der Waals surface area contributed by atoms with Gasteiger partial charge in [0.25, 0.3) is 5.91 Å². The van der Waals surface area contributed by atoms with Crippen molar-refractivity contribution >= 4 is 5.91 Å². The first-order valence-corrected chi connectivity index (χ1v) is 11.2. The lowest BCUT2D eigenvalue weighted by Crippen LogP contribution is -2.38. The molecule has 172 valence electrons. The summed E-state index contributed by atoms with van der Waals surface area (Å²) in [5.41, 5.74) is 2.21. The van der Waals surface area contributed by atoms with Crippen LogP contribution < -0.4 is 0 Å². The van der Waals surface area contributed by atoms with Gasteiger partial charge >= 0.3 is 0 Å². The van der Waals surface area contributed by atoms with Crippen molar-refractivity contribution in [1.82, 2.24) is 4.90 Å². The van der Waals surface area contributed by atoms with Crippen molar-refractivity contribution in [2.24, 2.45) is 5.92 Å². The molecule has 0 saturated carbocycles. The first-order valence-electron chi connectivity index (χ1n) is 11.2. The molecule has 0 radical (unpaired) electrons. The summed E-state index contributed by atoms with van der Waals surface area (Å²) in [6.45, 7) is 1.88. The highest BCUT2D eigenvalue weighted by atomic mass is 19.1. The molecule has 0 aliphatic carbocycles. The van der Waals surface area contributed by atoms with Crippen LogP contribution in [-0.4, -0.2) is 35.6 Å². The van der Waals surface area contributed by atoms with Crippen molar-refractivity contribution in [2.45, 2.75) is 25.4 Å². The molecule has 0 atom stereocenters. The molecule has 0 spiro atoms. The van der Waals surface area contributed by atoms with Crippen molar-refractivity contribution in [3.8, 4) is 5.75 Å². The normalized spacial score (nSPS) is 14.6. The quantitative estimate of drug-likeness (QED) is 0.500. The van der Waals surface area contributed by atoms with E-state index in [1.54, 1.807) is 36.4 Å². The van der Waals surface area contributed by atoms with E-state index in [2.05, 4.69) is 0 Å². The van der Waals surface area contributed by atoms with Crippen molar-refractivity contribution < 1.29 is 23.4 Å². The van der Waals surface area contributed by atoms with Crippen molar-refractivity contribution in [3.63, 3.8) is 0 Å². The van der Waals surface area contributed by atoms with Crippen molar-refractivity contribution in [2.75, 3.05) is 19.7 Å². The maximum absolute atomic E-state index is 13.4. The predicted molar refractivity (Wildman–Crippen MR) is 122 cm³/mol. The summed E-state index contributed by atoms with van der Waals surface area (Å²) in [6, 6.07) is 18.7. The van der Waals surface area contributed by atoms with E-state index >= 15 is 0 Å². The molecule has 0 unspecified atom stereocenters. The highest BCUT2D eigenvalue weighted by Crippen LogP contribution is 2.29. The highest BCUT2D eigenvalue weighted by Gasteiger charge is 2.24. The Morgan fingerprint density at radius 2 is 1.39 bits per heavy atom. The number of nitrogens with zero attached hydrogens (tertiary/aromatic N) is 1. The van der Waals surface area contributed by atoms with Gasteiger partial charge in [-0.05, 0) is 84.8 Å². The van der Waals surface area contributed by atoms with Crippen LogP contribution in [0.1, 0.15) is 46.9 Å². The minimum Gasteiger partial charge on any atom is -0.508 e. The van der Waals surface area contributed by atoms with Crippen LogP contribution in [0.2, 0.25) is 0 Å². The van der Waals surface area contributed by atoms with E-state index < -0.39 is 6.10 Å². The van der Waals surface area contributed by atoms with E-state index in [9.17, 15) is 18.7 Å². The van der Waals surface area contributed by atoms with E-state index in [0.717, 1.165) is 30.4 Å². The predicted octanol–water partition coefficient (Wildman–Crippen LogP) is 5.72. The van der Waals surface area contributed by atoms with E-state index in [-0.39, 0.29) is 23.3 Å². The molecular formula is C27H27F2NO3. The molecule has 3 aromatic rings. The lowest BCUT2D eigenvalue weighted by Gasteiger charge is -2.32. The number of amides is 1. The topological polar surface area (TPSA) is 49.8 Å². The molecule has 1 heterocycles. The molecule has 1 aliphatic rings. The summed E-state index contributed by atoms with van der Waals surface area (Å²) in [5.74, 6) is -0.0615. The molecule has 4 rings (SSSR count). The number of piperidine rings is 1. The van der Waals surface area contributed by atoms with Gasteiger partial charge in [0.05, 0.1) is 0 Å². The number of ether oxygens (including phenoxy) is 1. The van der Waals surface area contributed by atoms with E-state index in [4.69, 9.17) is 4.74 Å². The number of halogens is 2. The molecule has 1 N–H and O–H groups in total. The molecule has 1 saturated heterocycles. The van der Waals surface area contributed by atoms with Crippen LogP contribution in [0.4, 0.5) is 8.78 Å². The Bertz CT molecular complexity index is 999. The third-order valence-corrected chi connectivity index (χ3v) is 6.17. The van der Waals surface area contributed by atoms with Crippen molar-refractivity contribution in [3.05, 3.63) is 101 Å². The summed E-state index contributed by atoms with van der Waals surface area (Å²) in [6.07, 6.45) is 2.23. The molecule has 0 aromatic heterocycles. The Balaban J connectivity index is 1.31. The molecular weight excluding hydrogens is 424 g/mol. The number of phenolic OH excluding ortho intramolecular Hbond substituents is 1. The van der Waals surface area contributed by atoms with Gasteiger partial charge in [0.15, 0.2) is 0 Å². The van der Waals surface area contributed by atoms with Crippen LogP contribution in [0, 0.1) is 17.6 Å². The van der Waals surface area contributed by atoms with Gasteiger partial charge in [-0.1, -0.05) is 24.3 Å². The number of rotatable bonds is 7. The molecule has 3 aromatic carbocycles. The summed E-state index contributed by atoms with van der Waals surface area (Å²) < 4.78 is 33.0. The standard InChI is InChI=1S/C27H27F2NO3/c28-23-7-1-20(2-8-23)26(21-3-9-24(29)10-4-21)33-18-15-19-13-16-30(17-14-19)27(32)22-5-11-25(31)12-6-22/h1-12,19,26,31H,13-18H2. The van der Waals surface area contributed by atoms with Crippen LogP contribution in [0.5, 0.6) is 5.75 Å². The Kier molecular flexibility index (Phi) is 7.35. The van der Waals surface area contributed by atoms with Gasteiger partial charge < -0.3 is 14.7 Å². The molecule has 1 amide bonds. The molecule has 0 bridgehead atoms. The minimum atomic E-state index is -0.401. The van der Waals surface area contributed by atoms with Gasteiger partial charge in [-0.15, -0.1) is 0 Å². The van der Waals surface area contributed by atoms with Gasteiger partial charge in [-0.25, -0.2) is 8.78 Å². The summed E-state index contributed by atoms with van der Waals surface area (Å²) in [7, 11) is 0. The Morgan fingerprint density at radius 1 is 0.879 bits per heavy atom. The molecule has 6 heteroatoms. The lowest BCUT2D eigenvalue weighted by molar-refractivity contribution is 0.0540. The van der Waals surface area contributed by atoms with Gasteiger partial charge in [-0.2, -0.15) is 0 Å².